The maximum absolute atomic E-state index is 5.71. The lowest BCUT2D eigenvalue weighted by molar-refractivity contribution is 0.242. The molecule has 0 bridgehead atoms. The Morgan fingerprint density at radius 3 is 2.76 bits per heavy atom. The van der Waals surface area contributed by atoms with Gasteiger partial charge in [-0.05, 0) is 62.9 Å². The van der Waals surface area contributed by atoms with Gasteiger partial charge in [0.25, 0.3) is 0 Å². The topological polar surface area (TPSA) is 76.4 Å². The average molecular weight is 413 g/mol. The van der Waals surface area contributed by atoms with Crippen LogP contribution in [-0.2, 0) is 19.5 Å². The third-order valence-electron chi connectivity index (χ3n) is 4.15. The van der Waals surface area contributed by atoms with Gasteiger partial charge in [0.1, 0.15) is 18.6 Å². The number of anilines is 1. The molecule has 0 unspecified atom stereocenters. The van der Waals surface area contributed by atoms with E-state index in [1.807, 2.05) is 42.7 Å². The molecule has 0 aliphatic heterocycles. The summed E-state index contributed by atoms with van der Waals surface area (Å²) < 4.78 is 7.70. The van der Waals surface area contributed by atoms with E-state index in [2.05, 4.69) is 45.3 Å². The van der Waals surface area contributed by atoms with Crippen LogP contribution in [0.5, 0.6) is 5.75 Å². The van der Waals surface area contributed by atoms with Gasteiger partial charge in [0, 0.05) is 23.7 Å². The first-order valence-electron chi connectivity index (χ1n) is 9.85. The monoisotopic (exact) mass is 412 g/mol. The van der Waals surface area contributed by atoms with E-state index in [-0.39, 0.29) is 6.10 Å². The molecule has 0 fully saturated rings. The fourth-order valence-corrected chi connectivity index (χ4v) is 3.45. The number of ether oxygens (including phenoxy) is 1. The lowest BCUT2D eigenvalue weighted by atomic mass is 10.3. The van der Waals surface area contributed by atoms with E-state index in [1.165, 1.54) is 4.88 Å². The number of aryl methyl sites for hydroxylation is 1. The molecule has 0 atom stereocenters. The molecule has 2 N–H and O–H groups in total. The second kappa shape index (κ2) is 10.6. The maximum atomic E-state index is 5.71. The number of hydrogen-bond donors (Lipinski definition) is 2. The van der Waals surface area contributed by atoms with Crippen molar-refractivity contribution in [2.24, 2.45) is 4.99 Å². The molecule has 8 heteroatoms. The summed E-state index contributed by atoms with van der Waals surface area (Å²) in [5.41, 5.74) is 0.945. The molecule has 2 aromatic heterocycles. The van der Waals surface area contributed by atoms with Crippen LogP contribution in [0, 0.1) is 0 Å². The van der Waals surface area contributed by atoms with Crippen LogP contribution < -0.4 is 15.4 Å². The maximum Gasteiger partial charge on any atom is 0.196 e. The van der Waals surface area contributed by atoms with Crippen LogP contribution in [0.25, 0.3) is 0 Å². The van der Waals surface area contributed by atoms with E-state index in [1.54, 1.807) is 17.7 Å². The van der Waals surface area contributed by atoms with Gasteiger partial charge >= 0.3 is 0 Å². The van der Waals surface area contributed by atoms with E-state index >= 15 is 0 Å². The first-order chi connectivity index (χ1) is 14.1. The summed E-state index contributed by atoms with van der Waals surface area (Å²) in [6.07, 6.45) is 2.83. The number of rotatable bonds is 9. The number of nitrogens with zero attached hydrogens (tertiary/aromatic N) is 4. The number of benzene rings is 1. The minimum Gasteiger partial charge on any atom is -0.491 e. The van der Waals surface area contributed by atoms with E-state index in [4.69, 9.17) is 9.73 Å². The SMILES string of the molecule is CCn1cnnc1CN=C(NCCc1cccs1)Nc1ccc(OC(C)C)cc1. The van der Waals surface area contributed by atoms with Crippen molar-refractivity contribution in [3.63, 3.8) is 0 Å². The van der Waals surface area contributed by atoms with E-state index < -0.39 is 0 Å². The van der Waals surface area contributed by atoms with Crippen LogP contribution in [-0.4, -0.2) is 33.4 Å². The van der Waals surface area contributed by atoms with Crippen molar-refractivity contribution in [3.8, 4) is 5.75 Å². The molecule has 0 spiro atoms. The zero-order valence-electron chi connectivity index (χ0n) is 17.1. The van der Waals surface area contributed by atoms with E-state index in [0.29, 0.717) is 12.5 Å². The Hall–Kier alpha value is -2.87. The third-order valence-corrected chi connectivity index (χ3v) is 5.08. The highest BCUT2D eigenvalue weighted by molar-refractivity contribution is 7.09. The number of hydrogen-bond acceptors (Lipinski definition) is 5. The van der Waals surface area contributed by atoms with Crippen molar-refractivity contribution in [1.29, 1.82) is 0 Å². The van der Waals surface area contributed by atoms with Crippen molar-refractivity contribution in [2.45, 2.75) is 46.4 Å². The van der Waals surface area contributed by atoms with Gasteiger partial charge in [-0.3, -0.25) is 0 Å². The highest BCUT2D eigenvalue weighted by Gasteiger charge is 2.06. The van der Waals surface area contributed by atoms with Gasteiger partial charge in [-0.15, -0.1) is 21.5 Å². The summed E-state index contributed by atoms with van der Waals surface area (Å²) in [6.45, 7) is 8.17. The fourth-order valence-electron chi connectivity index (χ4n) is 2.74. The van der Waals surface area contributed by atoms with Crippen LogP contribution in [0.1, 0.15) is 31.5 Å². The number of aromatic nitrogens is 3. The zero-order valence-corrected chi connectivity index (χ0v) is 17.9. The molecule has 154 valence electrons. The minimum atomic E-state index is 0.153. The number of nitrogens with one attached hydrogen (secondary N) is 2. The summed E-state index contributed by atoms with van der Waals surface area (Å²) in [5.74, 6) is 2.41. The lowest BCUT2D eigenvalue weighted by Gasteiger charge is -2.14. The van der Waals surface area contributed by atoms with Crippen LogP contribution in [0.2, 0.25) is 0 Å². The van der Waals surface area contributed by atoms with Gasteiger partial charge in [0.15, 0.2) is 11.8 Å². The molecule has 29 heavy (non-hydrogen) atoms. The van der Waals surface area contributed by atoms with Crippen molar-refractivity contribution in [1.82, 2.24) is 20.1 Å². The largest absolute Gasteiger partial charge is 0.491 e. The molecule has 0 radical (unpaired) electrons. The van der Waals surface area contributed by atoms with Crippen LogP contribution in [0.4, 0.5) is 5.69 Å². The Morgan fingerprint density at radius 2 is 2.07 bits per heavy atom. The Labute approximate surface area is 175 Å². The molecule has 2 heterocycles. The highest BCUT2D eigenvalue weighted by Crippen LogP contribution is 2.17. The lowest BCUT2D eigenvalue weighted by Crippen LogP contribution is -2.32. The van der Waals surface area contributed by atoms with Crippen LogP contribution in [0.3, 0.4) is 0 Å². The van der Waals surface area contributed by atoms with Crippen LogP contribution >= 0.6 is 11.3 Å². The van der Waals surface area contributed by atoms with Crippen molar-refractivity contribution in [2.75, 3.05) is 11.9 Å². The van der Waals surface area contributed by atoms with Gasteiger partial charge in [-0.1, -0.05) is 6.07 Å². The predicted octanol–water partition coefficient (Wildman–Crippen LogP) is 3.95. The van der Waals surface area contributed by atoms with E-state index in [0.717, 1.165) is 36.8 Å². The summed E-state index contributed by atoms with van der Waals surface area (Å²) in [6, 6.07) is 12.1. The standard InChI is InChI=1S/C21H28N6OS/c1-4-27-15-24-26-20(27)14-23-21(22-12-11-19-6-5-13-29-19)25-17-7-9-18(10-8-17)28-16(2)3/h5-10,13,15-16H,4,11-12,14H2,1-3H3,(H2,22,23,25). The molecule has 0 aliphatic carbocycles. The fraction of sp³-hybridized carbons (Fsp3) is 0.381. The first kappa shape index (κ1) is 20.9. The van der Waals surface area contributed by atoms with Crippen molar-refractivity contribution < 1.29 is 4.74 Å². The quantitative estimate of drug-likeness (QED) is 0.411. The molecule has 0 aliphatic rings. The summed E-state index contributed by atoms with van der Waals surface area (Å²) >= 11 is 1.77. The number of aliphatic imine (C=N–C) groups is 1. The predicted molar refractivity (Wildman–Crippen MR) is 119 cm³/mol. The molecule has 7 nitrogen and oxygen atoms in total. The molecule has 3 rings (SSSR count). The first-order valence-corrected chi connectivity index (χ1v) is 10.7. The molecule has 3 aromatic rings. The Morgan fingerprint density at radius 1 is 1.24 bits per heavy atom. The second-order valence-corrected chi connectivity index (χ2v) is 7.80. The molecule has 0 saturated carbocycles. The Balaban J connectivity index is 1.66. The average Bonchev–Trinajstić information content (AvgIpc) is 3.38. The van der Waals surface area contributed by atoms with E-state index in [9.17, 15) is 0 Å². The van der Waals surface area contributed by atoms with Crippen molar-refractivity contribution in [3.05, 3.63) is 58.8 Å². The van der Waals surface area contributed by atoms with Gasteiger partial charge in [0.05, 0.1) is 6.10 Å². The Bertz CT molecular complexity index is 886. The Kier molecular flexibility index (Phi) is 7.63. The van der Waals surface area contributed by atoms with Gasteiger partial charge < -0.3 is 19.9 Å². The van der Waals surface area contributed by atoms with Crippen LogP contribution in [0.15, 0.2) is 53.1 Å². The van der Waals surface area contributed by atoms with Gasteiger partial charge in [-0.2, -0.15) is 0 Å². The van der Waals surface area contributed by atoms with Gasteiger partial charge in [-0.25, -0.2) is 4.99 Å². The normalized spacial score (nSPS) is 11.7. The summed E-state index contributed by atoms with van der Waals surface area (Å²) in [4.78, 5) is 6.05. The number of thiophene rings is 1. The summed E-state index contributed by atoms with van der Waals surface area (Å²) in [5, 5.41) is 17.0. The zero-order chi connectivity index (χ0) is 20.5. The summed E-state index contributed by atoms with van der Waals surface area (Å²) in [7, 11) is 0. The second-order valence-electron chi connectivity index (χ2n) is 6.77. The van der Waals surface area contributed by atoms with Crippen molar-refractivity contribution >= 4 is 23.0 Å². The molecule has 0 saturated heterocycles. The smallest absolute Gasteiger partial charge is 0.196 e. The molecule has 0 amide bonds. The molecular formula is C21H28N6OS. The molecule has 1 aromatic carbocycles. The van der Waals surface area contributed by atoms with Gasteiger partial charge in [0.2, 0.25) is 0 Å². The number of guanidine groups is 1. The minimum absolute atomic E-state index is 0.153. The molecular weight excluding hydrogens is 384 g/mol. The highest BCUT2D eigenvalue weighted by atomic mass is 32.1. The third kappa shape index (κ3) is 6.60.